The van der Waals surface area contributed by atoms with Crippen molar-refractivity contribution in [3.05, 3.63) is 62.5 Å². The lowest BCUT2D eigenvalue weighted by Crippen LogP contribution is -2.49. The summed E-state index contributed by atoms with van der Waals surface area (Å²) in [7, 11) is 0. The molecule has 0 aliphatic carbocycles. The Morgan fingerprint density at radius 1 is 1.17 bits per heavy atom. The van der Waals surface area contributed by atoms with Crippen LogP contribution in [-0.2, 0) is 16.1 Å². The lowest BCUT2D eigenvalue weighted by molar-refractivity contribution is -0.142. The van der Waals surface area contributed by atoms with Crippen molar-refractivity contribution in [2.24, 2.45) is 0 Å². The maximum absolute atomic E-state index is 12.9. The predicted molar refractivity (Wildman–Crippen MR) is 119 cm³/mol. The summed E-state index contributed by atoms with van der Waals surface area (Å²) in [5.41, 5.74) is 0.697. The molecule has 0 spiro atoms. The molecule has 1 N–H and O–H groups in total. The summed E-state index contributed by atoms with van der Waals surface area (Å²) in [6.45, 7) is 4.17. The number of hydrogen-bond acceptors (Lipinski definition) is 3. The lowest BCUT2D eigenvalue weighted by atomic mass is 10.1. The average Bonchev–Trinajstić information content (AvgIpc) is 2.70. The SMILES string of the molecule is CCCNC(=O)C(C)N(Cc1ccc(Cl)cc1Cl)C(=O)COc1ccc(Br)cc1. The number of halogens is 3. The molecule has 5 nitrogen and oxygen atoms in total. The summed E-state index contributed by atoms with van der Waals surface area (Å²) in [6.07, 6.45) is 0.808. The Morgan fingerprint density at radius 2 is 1.86 bits per heavy atom. The fourth-order valence-electron chi connectivity index (χ4n) is 2.57. The maximum atomic E-state index is 12.9. The Balaban J connectivity index is 2.16. The highest BCUT2D eigenvalue weighted by molar-refractivity contribution is 9.10. The van der Waals surface area contributed by atoms with Crippen LogP contribution in [-0.4, -0.2) is 35.9 Å². The van der Waals surface area contributed by atoms with E-state index in [2.05, 4.69) is 21.2 Å². The van der Waals surface area contributed by atoms with Crippen LogP contribution >= 0.6 is 39.1 Å². The first kappa shape index (κ1) is 23.5. The number of carbonyl (C=O) groups excluding carboxylic acids is 2. The Hall–Kier alpha value is -1.76. The smallest absolute Gasteiger partial charge is 0.261 e. The molecule has 2 rings (SSSR count). The van der Waals surface area contributed by atoms with Gasteiger partial charge in [0, 0.05) is 27.6 Å². The standard InChI is InChI=1S/C21H23BrCl2N2O3/c1-3-10-25-21(28)14(2)26(12-15-4-7-17(23)11-19(15)24)20(27)13-29-18-8-5-16(22)6-9-18/h4-9,11,14H,3,10,12-13H2,1-2H3,(H,25,28). The third-order valence-corrected chi connectivity index (χ3v) is 5.36. The van der Waals surface area contributed by atoms with Gasteiger partial charge in [-0.1, -0.05) is 52.1 Å². The first-order valence-electron chi connectivity index (χ1n) is 9.21. The minimum absolute atomic E-state index is 0.166. The molecule has 1 unspecified atom stereocenters. The van der Waals surface area contributed by atoms with Gasteiger partial charge in [0.25, 0.3) is 5.91 Å². The monoisotopic (exact) mass is 500 g/mol. The van der Waals surface area contributed by atoms with E-state index in [1.54, 1.807) is 37.3 Å². The van der Waals surface area contributed by atoms with Crippen LogP contribution in [0.1, 0.15) is 25.8 Å². The van der Waals surface area contributed by atoms with Gasteiger partial charge in [0.05, 0.1) is 0 Å². The van der Waals surface area contributed by atoms with Gasteiger partial charge in [-0.05, 0) is 55.3 Å². The molecule has 0 bridgehead atoms. The second-order valence-corrected chi connectivity index (χ2v) is 8.23. The zero-order valence-corrected chi connectivity index (χ0v) is 19.4. The molecule has 0 fully saturated rings. The van der Waals surface area contributed by atoms with E-state index in [1.165, 1.54) is 4.90 Å². The highest BCUT2D eigenvalue weighted by Gasteiger charge is 2.27. The van der Waals surface area contributed by atoms with Crippen LogP contribution in [0.3, 0.4) is 0 Å². The van der Waals surface area contributed by atoms with Crippen LogP contribution in [0, 0.1) is 0 Å². The van der Waals surface area contributed by atoms with Crippen LogP contribution in [0.25, 0.3) is 0 Å². The molecule has 0 saturated carbocycles. The molecule has 1 atom stereocenters. The lowest BCUT2D eigenvalue weighted by Gasteiger charge is -2.29. The quantitative estimate of drug-likeness (QED) is 0.521. The number of rotatable bonds is 9. The summed E-state index contributed by atoms with van der Waals surface area (Å²) in [5, 5.41) is 3.76. The average molecular weight is 502 g/mol. The van der Waals surface area contributed by atoms with E-state index in [9.17, 15) is 9.59 Å². The van der Waals surface area contributed by atoms with Gasteiger partial charge >= 0.3 is 0 Å². The van der Waals surface area contributed by atoms with Crippen molar-refractivity contribution < 1.29 is 14.3 Å². The number of nitrogens with one attached hydrogen (secondary N) is 1. The molecule has 2 aromatic carbocycles. The van der Waals surface area contributed by atoms with Crippen molar-refractivity contribution in [1.82, 2.24) is 10.2 Å². The molecule has 2 amide bonds. The van der Waals surface area contributed by atoms with E-state index >= 15 is 0 Å². The first-order chi connectivity index (χ1) is 13.8. The van der Waals surface area contributed by atoms with Crippen molar-refractivity contribution in [2.75, 3.05) is 13.2 Å². The van der Waals surface area contributed by atoms with Gasteiger partial charge in [-0.25, -0.2) is 0 Å². The van der Waals surface area contributed by atoms with E-state index in [-0.39, 0.29) is 25.0 Å². The van der Waals surface area contributed by atoms with Gasteiger partial charge in [0.1, 0.15) is 11.8 Å². The molecule has 8 heteroatoms. The fourth-order valence-corrected chi connectivity index (χ4v) is 3.30. The van der Waals surface area contributed by atoms with Crippen molar-refractivity contribution >= 4 is 50.9 Å². The molecule has 0 aliphatic heterocycles. The van der Waals surface area contributed by atoms with Gasteiger partial charge in [-0.3, -0.25) is 9.59 Å². The summed E-state index contributed by atoms with van der Waals surface area (Å²) in [5.74, 6) is 0.0149. The highest BCUT2D eigenvalue weighted by atomic mass is 79.9. The number of hydrogen-bond donors (Lipinski definition) is 1. The minimum Gasteiger partial charge on any atom is -0.484 e. The predicted octanol–water partition coefficient (Wildman–Crippen LogP) is 5.08. The molecule has 0 aromatic heterocycles. The maximum Gasteiger partial charge on any atom is 0.261 e. The van der Waals surface area contributed by atoms with Crippen molar-refractivity contribution in [2.45, 2.75) is 32.9 Å². The molecule has 0 aliphatic rings. The topological polar surface area (TPSA) is 58.6 Å². The second kappa shape index (κ2) is 11.4. The molecular weight excluding hydrogens is 479 g/mol. The van der Waals surface area contributed by atoms with Gasteiger partial charge in [-0.15, -0.1) is 0 Å². The zero-order chi connectivity index (χ0) is 21.4. The largest absolute Gasteiger partial charge is 0.484 e. The highest BCUT2D eigenvalue weighted by Crippen LogP contribution is 2.23. The molecule has 0 heterocycles. The van der Waals surface area contributed by atoms with E-state index in [1.807, 2.05) is 19.1 Å². The Labute approximate surface area is 189 Å². The molecule has 0 saturated heterocycles. The van der Waals surface area contributed by atoms with Gasteiger partial charge < -0.3 is 15.0 Å². The number of ether oxygens (including phenoxy) is 1. The van der Waals surface area contributed by atoms with Gasteiger partial charge in [0.2, 0.25) is 5.91 Å². The summed E-state index contributed by atoms with van der Waals surface area (Å²) >= 11 is 15.6. The van der Waals surface area contributed by atoms with Crippen LogP contribution in [0.2, 0.25) is 10.0 Å². The van der Waals surface area contributed by atoms with Crippen molar-refractivity contribution in [1.29, 1.82) is 0 Å². The third-order valence-electron chi connectivity index (χ3n) is 4.25. The Morgan fingerprint density at radius 3 is 2.48 bits per heavy atom. The number of benzene rings is 2. The fraction of sp³-hybridized carbons (Fsp3) is 0.333. The number of amides is 2. The molecule has 156 valence electrons. The van der Waals surface area contributed by atoms with Gasteiger partial charge in [0.15, 0.2) is 6.61 Å². The summed E-state index contributed by atoms with van der Waals surface area (Å²) in [6, 6.07) is 11.5. The van der Waals surface area contributed by atoms with Crippen LogP contribution in [0.5, 0.6) is 5.75 Å². The van der Waals surface area contributed by atoms with E-state index < -0.39 is 6.04 Å². The van der Waals surface area contributed by atoms with Crippen LogP contribution < -0.4 is 10.1 Å². The molecular formula is C21H23BrCl2N2O3. The van der Waals surface area contributed by atoms with E-state index in [0.717, 1.165) is 10.9 Å². The first-order valence-corrected chi connectivity index (χ1v) is 10.8. The van der Waals surface area contributed by atoms with E-state index in [4.69, 9.17) is 27.9 Å². The number of carbonyl (C=O) groups is 2. The summed E-state index contributed by atoms with van der Waals surface area (Å²) in [4.78, 5) is 26.9. The normalized spacial score (nSPS) is 11.6. The molecule has 29 heavy (non-hydrogen) atoms. The van der Waals surface area contributed by atoms with Crippen molar-refractivity contribution in [3.8, 4) is 5.75 Å². The molecule has 0 radical (unpaired) electrons. The van der Waals surface area contributed by atoms with Crippen molar-refractivity contribution in [3.63, 3.8) is 0 Å². The second-order valence-electron chi connectivity index (χ2n) is 6.47. The third kappa shape index (κ3) is 7.21. The Bertz CT molecular complexity index is 846. The minimum atomic E-state index is -0.686. The molecule has 2 aromatic rings. The Kier molecular flexibility index (Phi) is 9.27. The zero-order valence-electron chi connectivity index (χ0n) is 16.3. The van der Waals surface area contributed by atoms with E-state index in [0.29, 0.717) is 27.9 Å². The summed E-state index contributed by atoms with van der Waals surface area (Å²) < 4.78 is 6.52. The van der Waals surface area contributed by atoms with Gasteiger partial charge in [-0.2, -0.15) is 0 Å². The van der Waals surface area contributed by atoms with Crippen LogP contribution in [0.4, 0.5) is 0 Å². The van der Waals surface area contributed by atoms with Crippen LogP contribution in [0.15, 0.2) is 46.9 Å². The number of nitrogens with zero attached hydrogens (tertiary/aromatic N) is 1.